The van der Waals surface area contributed by atoms with Gasteiger partial charge in [-0.25, -0.2) is 0 Å². The first-order valence-electron chi connectivity index (χ1n) is 11.0. The van der Waals surface area contributed by atoms with Gasteiger partial charge in [-0.1, -0.05) is 44.2 Å². The maximum absolute atomic E-state index is 13.5. The van der Waals surface area contributed by atoms with Crippen molar-refractivity contribution in [3.63, 3.8) is 0 Å². The molecule has 0 fully saturated rings. The SMILES string of the molecule is CCOc1cc(C2C3=C(CC(C)(C)CC3=O)Nc3ccc4ccccc4c32)cc(Br)c1O. The van der Waals surface area contributed by atoms with E-state index in [9.17, 15) is 9.90 Å². The van der Waals surface area contributed by atoms with Gasteiger partial charge in [0.2, 0.25) is 0 Å². The summed E-state index contributed by atoms with van der Waals surface area (Å²) in [6, 6.07) is 16.3. The minimum atomic E-state index is -0.243. The molecule has 5 rings (SSSR count). The van der Waals surface area contributed by atoms with Gasteiger partial charge in [0, 0.05) is 29.3 Å². The quantitative estimate of drug-likeness (QED) is 0.417. The Bertz CT molecular complexity index is 1290. The lowest BCUT2D eigenvalue weighted by molar-refractivity contribution is -0.118. The van der Waals surface area contributed by atoms with Gasteiger partial charge in [0.05, 0.1) is 11.1 Å². The van der Waals surface area contributed by atoms with Crippen molar-refractivity contribution in [3.8, 4) is 11.5 Å². The highest BCUT2D eigenvalue weighted by Crippen LogP contribution is 2.52. The number of phenols is 1. The van der Waals surface area contributed by atoms with Crippen molar-refractivity contribution < 1.29 is 14.6 Å². The number of allylic oxidation sites excluding steroid dienone is 2. The molecular formula is C27H26BrNO3. The number of phenolic OH excluding ortho intramolecular Hbond substituents is 1. The number of ketones is 1. The van der Waals surface area contributed by atoms with Crippen LogP contribution in [0.5, 0.6) is 11.5 Å². The van der Waals surface area contributed by atoms with E-state index in [1.807, 2.05) is 31.2 Å². The number of halogens is 1. The maximum Gasteiger partial charge on any atom is 0.172 e. The van der Waals surface area contributed by atoms with Crippen molar-refractivity contribution in [2.75, 3.05) is 11.9 Å². The molecule has 164 valence electrons. The molecule has 4 nitrogen and oxygen atoms in total. The van der Waals surface area contributed by atoms with Gasteiger partial charge in [0.1, 0.15) is 0 Å². The number of fused-ring (bicyclic) bond motifs is 3. The van der Waals surface area contributed by atoms with Crippen LogP contribution in [0.2, 0.25) is 0 Å². The number of Topliss-reactive ketones (excluding diaryl/α,β-unsaturated/α-hetero) is 1. The van der Waals surface area contributed by atoms with Crippen molar-refractivity contribution in [3.05, 3.63) is 75.4 Å². The lowest BCUT2D eigenvalue weighted by Gasteiger charge is -2.40. The van der Waals surface area contributed by atoms with E-state index in [2.05, 4.69) is 59.4 Å². The second kappa shape index (κ2) is 7.66. The first-order valence-corrected chi connectivity index (χ1v) is 11.8. The van der Waals surface area contributed by atoms with Crippen LogP contribution >= 0.6 is 15.9 Å². The summed E-state index contributed by atoms with van der Waals surface area (Å²) in [5.41, 5.74) is 4.79. The second-order valence-corrected chi connectivity index (χ2v) is 10.3. The molecule has 0 saturated carbocycles. The third-order valence-electron chi connectivity index (χ3n) is 6.44. The predicted octanol–water partition coefficient (Wildman–Crippen LogP) is 6.91. The number of hydrogen-bond acceptors (Lipinski definition) is 4. The van der Waals surface area contributed by atoms with Gasteiger partial charge < -0.3 is 15.2 Å². The molecule has 0 bridgehead atoms. The van der Waals surface area contributed by atoms with Crippen LogP contribution in [0.4, 0.5) is 5.69 Å². The lowest BCUT2D eigenvalue weighted by Crippen LogP contribution is -2.33. The van der Waals surface area contributed by atoms with Gasteiger partial charge in [-0.05, 0) is 74.8 Å². The molecule has 2 aliphatic rings. The third-order valence-corrected chi connectivity index (χ3v) is 7.04. The topological polar surface area (TPSA) is 58.6 Å². The molecule has 5 heteroatoms. The number of nitrogens with one attached hydrogen (secondary N) is 1. The minimum absolute atomic E-state index is 0.0768. The number of carbonyl (C=O) groups is 1. The molecule has 1 atom stereocenters. The van der Waals surface area contributed by atoms with Crippen LogP contribution in [-0.4, -0.2) is 17.5 Å². The first kappa shape index (κ1) is 21.1. The molecule has 1 heterocycles. The highest BCUT2D eigenvalue weighted by Gasteiger charge is 2.41. The summed E-state index contributed by atoms with van der Waals surface area (Å²) in [5, 5.41) is 16.4. The number of aromatic hydroxyl groups is 1. The predicted molar refractivity (Wildman–Crippen MR) is 131 cm³/mol. The zero-order valence-corrected chi connectivity index (χ0v) is 20.0. The molecular weight excluding hydrogens is 466 g/mol. The average molecular weight is 492 g/mol. The maximum atomic E-state index is 13.5. The highest BCUT2D eigenvalue weighted by molar-refractivity contribution is 9.10. The second-order valence-electron chi connectivity index (χ2n) is 9.42. The van der Waals surface area contributed by atoms with Gasteiger partial charge in [-0.15, -0.1) is 0 Å². The van der Waals surface area contributed by atoms with Crippen LogP contribution in [0.25, 0.3) is 10.8 Å². The zero-order chi connectivity index (χ0) is 22.6. The van der Waals surface area contributed by atoms with Crippen LogP contribution in [0.1, 0.15) is 50.7 Å². The van der Waals surface area contributed by atoms with Crippen molar-refractivity contribution in [1.29, 1.82) is 0 Å². The van der Waals surface area contributed by atoms with E-state index in [0.717, 1.165) is 45.3 Å². The van der Waals surface area contributed by atoms with Crippen molar-refractivity contribution >= 4 is 38.2 Å². The first-order chi connectivity index (χ1) is 15.3. The summed E-state index contributed by atoms with van der Waals surface area (Å²) in [6.45, 7) is 6.62. The number of anilines is 1. The van der Waals surface area contributed by atoms with Gasteiger partial charge in [0.25, 0.3) is 0 Å². The van der Waals surface area contributed by atoms with E-state index >= 15 is 0 Å². The Balaban J connectivity index is 1.82. The molecule has 32 heavy (non-hydrogen) atoms. The largest absolute Gasteiger partial charge is 0.503 e. The van der Waals surface area contributed by atoms with E-state index < -0.39 is 0 Å². The van der Waals surface area contributed by atoms with Gasteiger partial charge in [-0.2, -0.15) is 0 Å². The summed E-state index contributed by atoms with van der Waals surface area (Å²) >= 11 is 3.50. The summed E-state index contributed by atoms with van der Waals surface area (Å²) in [7, 11) is 0. The van der Waals surface area contributed by atoms with E-state index in [1.54, 1.807) is 0 Å². The van der Waals surface area contributed by atoms with Crippen LogP contribution in [0.3, 0.4) is 0 Å². The number of ether oxygens (including phenoxy) is 1. The molecule has 2 N–H and O–H groups in total. The molecule has 1 unspecified atom stereocenters. The van der Waals surface area contributed by atoms with Crippen molar-refractivity contribution in [2.24, 2.45) is 5.41 Å². The Morgan fingerprint density at radius 1 is 1.16 bits per heavy atom. The van der Waals surface area contributed by atoms with Crippen molar-refractivity contribution in [2.45, 2.75) is 39.5 Å². The van der Waals surface area contributed by atoms with Crippen LogP contribution in [0.15, 0.2) is 64.3 Å². The number of hydrogen-bond donors (Lipinski definition) is 2. The minimum Gasteiger partial charge on any atom is -0.503 e. The van der Waals surface area contributed by atoms with E-state index in [1.165, 1.54) is 0 Å². The van der Waals surface area contributed by atoms with Gasteiger partial charge in [-0.3, -0.25) is 4.79 Å². The molecule has 1 aliphatic carbocycles. The Labute approximate surface area is 196 Å². The molecule has 1 aliphatic heterocycles. The fraction of sp³-hybridized carbons (Fsp3) is 0.296. The highest BCUT2D eigenvalue weighted by atomic mass is 79.9. The standard InChI is InChI=1S/C27H26BrNO3/c1-4-32-22-12-16(11-18(28)26(22)31)23-24-17-8-6-5-7-15(17)9-10-19(24)29-20-13-27(2,3)14-21(30)25(20)23/h5-12,23,29,31H,4,13-14H2,1-3H3. The Morgan fingerprint density at radius 2 is 1.94 bits per heavy atom. The summed E-state index contributed by atoms with van der Waals surface area (Å²) < 4.78 is 6.28. The molecule has 0 radical (unpaired) electrons. The summed E-state index contributed by atoms with van der Waals surface area (Å²) in [4.78, 5) is 13.5. The Kier molecular flexibility index (Phi) is 5.05. The Morgan fingerprint density at radius 3 is 2.72 bits per heavy atom. The van der Waals surface area contributed by atoms with Crippen LogP contribution < -0.4 is 10.1 Å². The number of carbonyl (C=O) groups excluding carboxylic acids is 1. The summed E-state index contributed by atoms with van der Waals surface area (Å²) in [5.74, 6) is 0.428. The lowest BCUT2D eigenvalue weighted by atomic mass is 9.68. The molecule has 3 aromatic rings. The van der Waals surface area contributed by atoms with Crippen molar-refractivity contribution in [1.82, 2.24) is 0 Å². The van der Waals surface area contributed by atoms with E-state index in [-0.39, 0.29) is 22.9 Å². The van der Waals surface area contributed by atoms with Crippen LogP contribution in [-0.2, 0) is 4.79 Å². The fourth-order valence-electron chi connectivity index (χ4n) is 5.16. The molecule has 0 saturated heterocycles. The molecule has 0 spiro atoms. The number of rotatable bonds is 3. The summed E-state index contributed by atoms with van der Waals surface area (Å²) in [6.07, 6.45) is 1.33. The third kappa shape index (κ3) is 3.39. The normalized spacial score (nSPS) is 19.4. The Hall–Kier alpha value is -2.79. The van der Waals surface area contributed by atoms with Gasteiger partial charge >= 0.3 is 0 Å². The smallest absolute Gasteiger partial charge is 0.172 e. The molecule has 0 amide bonds. The molecule has 0 aromatic heterocycles. The average Bonchev–Trinajstić information content (AvgIpc) is 2.74. The van der Waals surface area contributed by atoms with Gasteiger partial charge in [0.15, 0.2) is 17.3 Å². The fourth-order valence-corrected chi connectivity index (χ4v) is 5.62. The molecule has 3 aromatic carbocycles. The van der Waals surface area contributed by atoms with Crippen LogP contribution in [0, 0.1) is 5.41 Å². The van der Waals surface area contributed by atoms with E-state index in [4.69, 9.17) is 4.74 Å². The number of benzene rings is 3. The zero-order valence-electron chi connectivity index (χ0n) is 18.5. The monoisotopic (exact) mass is 491 g/mol. The van der Waals surface area contributed by atoms with E-state index in [0.29, 0.717) is 23.2 Å².